The summed E-state index contributed by atoms with van der Waals surface area (Å²) in [6, 6.07) is 17.8. The Kier molecular flexibility index (Phi) is 13.0. The van der Waals surface area contributed by atoms with E-state index in [1.165, 1.54) is 20.2 Å². The lowest BCUT2D eigenvalue weighted by atomic mass is 10.1. The highest BCUT2D eigenvalue weighted by Crippen LogP contribution is 2.29. The molecule has 5 rings (SSSR count). The van der Waals surface area contributed by atoms with E-state index < -0.39 is 0 Å². The number of hydrogen-bond acceptors (Lipinski definition) is 6. The standard InChI is InChI=1S/C18H20ClN3O3.C18H22ClN3O3/c1-10(11-3-5-12(19)6-4-11)25-15-9-14(17(23)21-13-7-8-13)22-16(15)18(24)20-2;1-10(2)21-17(23)14-9-15(16(22-14)18(24)20-4)25-11(3)12-5-7-13(19)8-6-12/h3-6,9-10,13,22H,7-8H2,1-2H3,(H,20,24)(H,21,23);5-11,22H,1-4H3,(H,20,24)(H,21,23). The van der Waals surface area contributed by atoms with Crippen LogP contribution in [0.15, 0.2) is 60.7 Å². The molecule has 12 nitrogen and oxygen atoms in total. The van der Waals surface area contributed by atoms with Crippen molar-refractivity contribution in [1.29, 1.82) is 0 Å². The molecule has 0 radical (unpaired) electrons. The first-order chi connectivity index (χ1) is 23.8. The predicted octanol–water partition coefficient (Wildman–Crippen LogP) is 6.37. The Morgan fingerprint density at radius 3 is 1.42 bits per heavy atom. The molecule has 14 heteroatoms. The van der Waals surface area contributed by atoms with Crippen LogP contribution < -0.4 is 30.7 Å². The van der Waals surface area contributed by atoms with Crippen LogP contribution in [0.1, 0.15) is 106 Å². The molecular weight excluding hydrogens is 683 g/mol. The second-order valence-electron chi connectivity index (χ2n) is 12.0. The molecule has 6 N–H and O–H groups in total. The molecular formula is C36H42Cl2N6O6. The molecule has 2 unspecified atom stereocenters. The van der Waals surface area contributed by atoms with Crippen LogP contribution in [0.3, 0.4) is 0 Å². The van der Waals surface area contributed by atoms with Gasteiger partial charge in [0.15, 0.2) is 11.5 Å². The smallest absolute Gasteiger partial charge is 0.271 e. The Labute approximate surface area is 301 Å². The van der Waals surface area contributed by atoms with Gasteiger partial charge in [-0.25, -0.2) is 0 Å². The van der Waals surface area contributed by atoms with Gasteiger partial charge in [-0.15, -0.1) is 0 Å². The third-order valence-electron chi connectivity index (χ3n) is 7.58. The number of carbonyl (C=O) groups is 4. The molecule has 0 bridgehead atoms. The minimum atomic E-state index is -0.359. The monoisotopic (exact) mass is 724 g/mol. The topological polar surface area (TPSA) is 166 Å². The van der Waals surface area contributed by atoms with Crippen molar-refractivity contribution in [2.24, 2.45) is 0 Å². The van der Waals surface area contributed by atoms with E-state index in [-0.39, 0.29) is 65.0 Å². The third kappa shape index (κ3) is 10.3. The van der Waals surface area contributed by atoms with Crippen molar-refractivity contribution in [3.05, 3.63) is 105 Å². The lowest BCUT2D eigenvalue weighted by Crippen LogP contribution is -2.30. The fraction of sp³-hybridized carbons (Fsp3) is 0.333. The van der Waals surface area contributed by atoms with Gasteiger partial charge in [0.25, 0.3) is 23.6 Å². The van der Waals surface area contributed by atoms with E-state index in [4.69, 9.17) is 32.7 Å². The molecule has 0 spiro atoms. The number of aromatic amines is 2. The molecule has 2 aromatic carbocycles. The second kappa shape index (κ2) is 17.1. The number of aromatic nitrogens is 2. The molecule has 2 aromatic heterocycles. The maximum Gasteiger partial charge on any atom is 0.271 e. The van der Waals surface area contributed by atoms with E-state index in [0.29, 0.717) is 27.2 Å². The van der Waals surface area contributed by atoms with Crippen LogP contribution >= 0.6 is 23.2 Å². The first-order valence-electron chi connectivity index (χ1n) is 16.2. The van der Waals surface area contributed by atoms with E-state index in [2.05, 4.69) is 31.2 Å². The first-order valence-corrected chi connectivity index (χ1v) is 16.9. The highest BCUT2D eigenvalue weighted by molar-refractivity contribution is 6.30. The predicted molar refractivity (Wildman–Crippen MR) is 192 cm³/mol. The molecule has 1 aliphatic carbocycles. The Bertz CT molecular complexity index is 1670. The Hall–Kier alpha value is -4.94. The highest BCUT2D eigenvalue weighted by Gasteiger charge is 2.27. The minimum Gasteiger partial charge on any atom is -0.484 e. The second-order valence-corrected chi connectivity index (χ2v) is 12.9. The Morgan fingerprint density at radius 2 is 1.06 bits per heavy atom. The van der Waals surface area contributed by atoms with Crippen molar-refractivity contribution in [1.82, 2.24) is 31.2 Å². The van der Waals surface area contributed by atoms with Crippen molar-refractivity contribution in [3.8, 4) is 11.5 Å². The quantitative estimate of drug-likeness (QED) is 0.0994. The molecule has 266 valence electrons. The molecule has 4 aromatic rings. The fourth-order valence-electron chi connectivity index (χ4n) is 4.70. The van der Waals surface area contributed by atoms with Gasteiger partial charge >= 0.3 is 0 Å². The zero-order valence-electron chi connectivity index (χ0n) is 28.7. The number of halogens is 2. The van der Waals surface area contributed by atoms with Crippen molar-refractivity contribution in [2.75, 3.05) is 14.1 Å². The molecule has 1 fully saturated rings. The van der Waals surface area contributed by atoms with E-state index in [1.807, 2.05) is 52.0 Å². The third-order valence-corrected chi connectivity index (χ3v) is 8.08. The maximum atomic E-state index is 12.2. The van der Waals surface area contributed by atoms with Crippen LogP contribution in [0, 0.1) is 0 Å². The van der Waals surface area contributed by atoms with Crippen molar-refractivity contribution < 1.29 is 28.7 Å². The SMILES string of the molecule is CNC(=O)c1[nH]c(C(=O)NC(C)C)cc1OC(C)c1ccc(Cl)cc1.CNC(=O)c1[nH]c(C(=O)NC2CC2)cc1OC(C)c1ccc(Cl)cc1. The lowest BCUT2D eigenvalue weighted by molar-refractivity contribution is 0.0928. The Morgan fingerprint density at radius 1 is 0.660 bits per heavy atom. The Balaban J connectivity index is 0.000000225. The van der Waals surface area contributed by atoms with Crippen LogP contribution in [-0.2, 0) is 0 Å². The zero-order chi connectivity index (χ0) is 36.5. The number of carbonyl (C=O) groups excluding carboxylic acids is 4. The number of hydrogen-bond donors (Lipinski definition) is 6. The molecule has 1 saturated carbocycles. The summed E-state index contributed by atoms with van der Waals surface area (Å²) in [6.07, 6.45) is 1.35. The van der Waals surface area contributed by atoms with Gasteiger partial charge in [-0.2, -0.15) is 0 Å². The summed E-state index contributed by atoms with van der Waals surface area (Å²) in [6.45, 7) is 7.45. The van der Waals surface area contributed by atoms with Gasteiger partial charge in [0.1, 0.15) is 35.0 Å². The van der Waals surface area contributed by atoms with E-state index >= 15 is 0 Å². The number of nitrogens with one attached hydrogen (secondary N) is 6. The van der Waals surface area contributed by atoms with Gasteiger partial charge in [0.05, 0.1) is 0 Å². The van der Waals surface area contributed by atoms with Crippen LogP contribution in [0.2, 0.25) is 10.0 Å². The van der Waals surface area contributed by atoms with E-state index in [1.54, 1.807) is 30.3 Å². The van der Waals surface area contributed by atoms with Crippen LogP contribution in [0.4, 0.5) is 0 Å². The average Bonchev–Trinajstić information content (AvgIpc) is 3.64. The summed E-state index contributed by atoms with van der Waals surface area (Å²) in [4.78, 5) is 54.3. The summed E-state index contributed by atoms with van der Waals surface area (Å²) in [5.74, 6) is -0.583. The van der Waals surface area contributed by atoms with Crippen molar-refractivity contribution in [3.63, 3.8) is 0 Å². The molecule has 2 heterocycles. The highest BCUT2D eigenvalue weighted by atomic mass is 35.5. The largest absolute Gasteiger partial charge is 0.484 e. The minimum absolute atomic E-state index is 0.0170. The molecule has 50 heavy (non-hydrogen) atoms. The van der Waals surface area contributed by atoms with Gasteiger partial charge in [0.2, 0.25) is 0 Å². The van der Waals surface area contributed by atoms with Gasteiger partial charge in [-0.1, -0.05) is 47.5 Å². The van der Waals surface area contributed by atoms with E-state index in [9.17, 15) is 19.2 Å². The summed E-state index contributed by atoms with van der Waals surface area (Å²) >= 11 is 11.8. The number of benzene rings is 2. The lowest BCUT2D eigenvalue weighted by Gasteiger charge is -2.15. The summed E-state index contributed by atoms with van der Waals surface area (Å²) in [5.41, 5.74) is 2.83. The van der Waals surface area contributed by atoms with Gasteiger partial charge in [-0.3, -0.25) is 19.2 Å². The van der Waals surface area contributed by atoms with Crippen LogP contribution in [-0.4, -0.2) is 59.8 Å². The van der Waals surface area contributed by atoms with Gasteiger partial charge in [0, 0.05) is 48.4 Å². The number of rotatable bonds is 12. The van der Waals surface area contributed by atoms with Gasteiger partial charge in [-0.05, 0) is 75.9 Å². The number of ether oxygens (including phenoxy) is 2. The first kappa shape index (κ1) is 37.9. The molecule has 2 atom stereocenters. The summed E-state index contributed by atoms with van der Waals surface area (Å²) in [7, 11) is 3.04. The van der Waals surface area contributed by atoms with Crippen LogP contribution in [0.5, 0.6) is 11.5 Å². The van der Waals surface area contributed by atoms with E-state index in [0.717, 1.165) is 24.0 Å². The van der Waals surface area contributed by atoms with Crippen molar-refractivity contribution in [2.45, 2.75) is 64.8 Å². The molecule has 0 aliphatic heterocycles. The summed E-state index contributed by atoms with van der Waals surface area (Å²) in [5, 5.41) is 12.0. The number of H-pyrrole nitrogens is 2. The average molecular weight is 726 g/mol. The van der Waals surface area contributed by atoms with Crippen LogP contribution in [0.25, 0.3) is 0 Å². The van der Waals surface area contributed by atoms with Crippen molar-refractivity contribution >= 4 is 46.8 Å². The zero-order valence-corrected chi connectivity index (χ0v) is 30.2. The normalized spacial score (nSPS) is 13.3. The fourth-order valence-corrected chi connectivity index (χ4v) is 4.96. The molecule has 0 saturated heterocycles. The maximum absolute atomic E-state index is 12.2. The van der Waals surface area contributed by atoms with Gasteiger partial charge < -0.3 is 40.7 Å². The molecule has 4 amide bonds. The molecule has 1 aliphatic rings. The number of amides is 4. The summed E-state index contributed by atoms with van der Waals surface area (Å²) < 4.78 is 11.8.